The van der Waals surface area contributed by atoms with Crippen molar-refractivity contribution in [2.45, 2.75) is 12.6 Å². The number of methoxy groups -OCH3 is 1. The Bertz CT molecular complexity index is 1610. The quantitative estimate of drug-likeness (QED) is 0.191. The maximum Gasteiger partial charge on any atom is 0.260 e. The molecule has 0 aliphatic rings. The molecule has 0 aliphatic heterocycles. The molecule has 4 aromatic rings. The van der Waals surface area contributed by atoms with Gasteiger partial charge in [-0.2, -0.15) is 5.26 Å². The molecule has 0 bridgehead atoms. The van der Waals surface area contributed by atoms with Crippen molar-refractivity contribution >= 4 is 23.7 Å². The predicted molar refractivity (Wildman–Crippen MR) is 145 cm³/mol. The fourth-order valence-electron chi connectivity index (χ4n) is 3.95. The summed E-state index contributed by atoms with van der Waals surface area (Å²) in [6, 6.07) is 20.4. The number of carbonyl (C=O) groups is 2. The fraction of sp³-hybridized carbons (Fsp3) is 0.103. The second-order valence-electron chi connectivity index (χ2n) is 8.81. The van der Waals surface area contributed by atoms with Crippen molar-refractivity contribution in [1.82, 2.24) is 4.98 Å². The van der Waals surface area contributed by atoms with E-state index >= 15 is 0 Å². The lowest BCUT2D eigenvalue weighted by molar-refractivity contribution is -0.111. The zero-order valence-electron chi connectivity index (χ0n) is 21.0. The summed E-state index contributed by atoms with van der Waals surface area (Å²) in [6.45, 7) is 1.50. The lowest BCUT2D eigenvalue weighted by atomic mass is 9.97. The third kappa shape index (κ3) is 5.84. The summed E-state index contributed by atoms with van der Waals surface area (Å²) in [5, 5.41) is 26.2. The number of nitrogens with two attached hydrogens (primary N) is 1. The van der Waals surface area contributed by atoms with E-state index in [9.17, 15) is 24.3 Å². The average Bonchev–Trinajstić information content (AvgIpc) is 2.92. The highest BCUT2D eigenvalue weighted by Gasteiger charge is 2.22. The van der Waals surface area contributed by atoms with Gasteiger partial charge in [-0.05, 0) is 55.0 Å². The minimum atomic E-state index is -1.34. The largest absolute Gasteiger partial charge is 0.507 e. The lowest BCUT2D eigenvalue weighted by Gasteiger charge is -2.21. The van der Waals surface area contributed by atoms with Crippen molar-refractivity contribution in [2.24, 2.45) is 5.73 Å². The van der Waals surface area contributed by atoms with Gasteiger partial charge in [0.05, 0.1) is 18.4 Å². The summed E-state index contributed by atoms with van der Waals surface area (Å²) < 4.78 is 19.0. The van der Waals surface area contributed by atoms with Gasteiger partial charge in [-0.3, -0.25) is 9.59 Å². The molecule has 0 fully saturated rings. The SMILES string of the molecule is COc1ccccc1C(=O)Nc1nc(-c2ccc(F)cc2O)cc(-c2cccc(N[C@](C)(N)C=O)c2)c1C#N. The number of hydrogen-bond donors (Lipinski definition) is 4. The van der Waals surface area contributed by atoms with Gasteiger partial charge >= 0.3 is 0 Å². The molecular formula is C29H24FN5O4. The lowest BCUT2D eigenvalue weighted by Crippen LogP contribution is -2.46. The second-order valence-corrected chi connectivity index (χ2v) is 8.81. The Morgan fingerprint density at radius 2 is 1.90 bits per heavy atom. The molecule has 9 nitrogen and oxygen atoms in total. The summed E-state index contributed by atoms with van der Waals surface area (Å²) >= 11 is 0. The van der Waals surface area contributed by atoms with Crippen molar-refractivity contribution in [2.75, 3.05) is 17.7 Å². The van der Waals surface area contributed by atoms with E-state index in [1.165, 1.54) is 20.1 Å². The molecule has 0 saturated heterocycles. The van der Waals surface area contributed by atoms with Crippen LogP contribution in [-0.4, -0.2) is 35.1 Å². The molecule has 0 saturated carbocycles. The van der Waals surface area contributed by atoms with Crippen LogP contribution in [-0.2, 0) is 4.79 Å². The van der Waals surface area contributed by atoms with E-state index in [0.717, 1.165) is 12.1 Å². The van der Waals surface area contributed by atoms with Gasteiger partial charge in [0.25, 0.3) is 5.91 Å². The summed E-state index contributed by atoms with van der Waals surface area (Å²) in [4.78, 5) is 29.0. The Morgan fingerprint density at radius 1 is 1.13 bits per heavy atom. The average molecular weight is 526 g/mol. The van der Waals surface area contributed by atoms with Crippen LogP contribution >= 0.6 is 0 Å². The second kappa shape index (κ2) is 11.0. The minimum Gasteiger partial charge on any atom is -0.507 e. The first kappa shape index (κ1) is 26.8. The third-order valence-corrected chi connectivity index (χ3v) is 5.78. The number of benzene rings is 3. The highest BCUT2D eigenvalue weighted by atomic mass is 19.1. The number of hydrogen-bond acceptors (Lipinski definition) is 8. The van der Waals surface area contributed by atoms with Crippen molar-refractivity contribution < 1.29 is 23.8 Å². The molecule has 1 aromatic heterocycles. The summed E-state index contributed by atoms with van der Waals surface area (Å²) in [7, 11) is 1.43. The van der Waals surface area contributed by atoms with Crippen LogP contribution in [0.5, 0.6) is 11.5 Å². The van der Waals surface area contributed by atoms with Crippen LogP contribution in [0.25, 0.3) is 22.4 Å². The molecule has 4 rings (SSSR count). The van der Waals surface area contributed by atoms with E-state index in [2.05, 4.69) is 21.7 Å². The number of nitrogens with one attached hydrogen (secondary N) is 2. The first-order chi connectivity index (χ1) is 18.7. The van der Waals surface area contributed by atoms with E-state index < -0.39 is 17.4 Å². The van der Waals surface area contributed by atoms with Crippen LogP contribution in [0.3, 0.4) is 0 Å². The fourth-order valence-corrected chi connectivity index (χ4v) is 3.95. The Morgan fingerprint density at radius 3 is 2.59 bits per heavy atom. The standard InChI is InChI=1S/C29H24FN5O4/c1-29(32,16-36)35-19-7-5-6-17(12-19)22-14-24(20-11-10-18(30)13-25(20)37)33-27(23(22)15-31)34-28(38)21-8-3-4-9-26(21)39-2/h3-14,16,35,37H,32H2,1-2H3,(H,33,34,38)/t29-/m0/s1. The highest BCUT2D eigenvalue weighted by Crippen LogP contribution is 2.37. The number of aromatic nitrogens is 1. The molecule has 0 spiro atoms. The van der Waals surface area contributed by atoms with E-state index in [4.69, 9.17) is 10.5 Å². The van der Waals surface area contributed by atoms with Crippen LogP contribution in [0.15, 0.2) is 72.8 Å². The van der Waals surface area contributed by atoms with Gasteiger partial charge in [-0.15, -0.1) is 0 Å². The molecule has 1 heterocycles. The maximum absolute atomic E-state index is 13.7. The Kier molecular flexibility index (Phi) is 7.56. The van der Waals surface area contributed by atoms with Gasteiger partial charge in [0.15, 0.2) is 12.1 Å². The maximum atomic E-state index is 13.7. The van der Waals surface area contributed by atoms with Gasteiger partial charge in [-0.25, -0.2) is 9.37 Å². The van der Waals surface area contributed by atoms with Gasteiger partial charge in [0.2, 0.25) is 0 Å². The topological polar surface area (TPSA) is 150 Å². The normalized spacial score (nSPS) is 12.1. The van der Waals surface area contributed by atoms with Crippen LogP contribution in [0, 0.1) is 17.1 Å². The predicted octanol–water partition coefficient (Wildman–Crippen LogP) is 4.68. The van der Waals surface area contributed by atoms with Crippen LogP contribution < -0.4 is 21.1 Å². The Balaban J connectivity index is 1.90. The molecule has 3 aromatic carbocycles. The van der Waals surface area contributed by atoms with Crippen molar-refractivity contribution in [3.63, 3.8) is 0 Å². The summed E-state index contributed by atoms with van der Waals surface area (Å²) in [6.07, 6.45) is 0.563. The van der Waals surface area contributed by atoms with E-state index in [1.54, 1.807) is 54.6 Å². The summed E-state index contributed by atoms with van der Waals surface area (Å²) in [5.74, 6) is -1.36. The molecule has 1 atom stereocenters. The molecular weight excluding hydrogens is 501 g/mol. The van der Waals surface area contributed by atoms with Crippen molar-refractivity contribution in [1.29, 1.82) is 5.26 Å². The number of ether oxygens (including phenoxy) is 1. The van der Waals surface area contributed by atoms with E-state index in [0.29, 0.717) is 28.8 Å². The first-order valence-corrected chi connectivity index (χ1v) is 11.7. The van der Waals surface area contributed by atoms with Crippen molar-refractivity contribution in [3.05, 3.63) is 89.7 Å². The zero-order chi connectivity index (χ0) is 28.2. The molecule has 39 heavy (non-hydrogen) atoms. The van der Waals surface area contributed by atoms with Gasteiger partial charge in [0.1, 0.15) is 34.6 Å². The van der Waals surface area contributed by atoms with E-state index in [-0.39, 0.29) is 34.0 Å². The van der Waals surface area contributed by atoms with Gasteiger partial charge in [0, 0.05) is 22.9 Å². The number of nitrogens with zero attached hydrogens (tertiary/aromatic N) is 2. The first-order valence-electron chi connectivity index (χ1n) is 11.7. The van der Waals surface area contributed by atoms with Gasteiger partial charge < -0.3 is 26.2 Å². The summed E-state index contributed by atoms with van der Waals surface area (Å²) in [5.41, 5.74) is 6.56. The number of carbonyl (C=O) groups excluding carboxylic acids is 2. The number of nitriles is 1. The van der Waals surface area contributed by atoms with Gasteiger partial charge in [-0.1, -0.05) is 24.3 Å². The van der Waals surface area contributed by atoms with Crippen LogP contribution in [0.1, 0.15) is 22.8 Å². The van der Waals surface area contributed by atoms with Crippen LogP contribution in [0.2, 0.25) is 0 Å². The van der Waals surface area contributed by atoms with Crippen molar-refractivity contribution in [3.8, 4) is 40.0 Å². The molecule has 0 unspecified atom stereocenters. The number of pyridine rings is 1. The Labute approximate surface area is 223 Å². The minimum absolute atomic E-state index is 0.0339. The monoisotopic (exact) mass is 525 g/mol. The molecule has 196 valence electrons. The number of anilines is 2. The number of halogens is 1. The van der Waals surface area contributed by atoms with E-state index in [1.807, 2.05) is 0 Å². The Hall–Kier alpha value is -5.27. The number of phenolic OH excluding ortho intramolecular Hbond substituents is 1. The molecule has 1 amide bonds. The smallest absolute Gasteiger partial charge is 0.260 e. The molecule has 0 aliphatic carbocycles. The molecule has 5 N–H and O–H groups in total. The number of phenols is 1. The number of aldehydes is 1. The molecule has 0 radical (unpaired) electrons. The van der Waals surface area contributed by atoms with Crippen LogP contribution in [0.4, 0.5) is 15.9 Å². The highest BCUT2D eigenvalue weighted by molar-refractivity contribution is 6.07. The zero-order valence-corrected chi connectivity index (χ0v) is 21.0. The number of amides is 1. The number of para-hydroxylation sites is 1. The third-order valence-electron chi connectivity index (χ3n) is 5.78. The molecule has 10 heteroatoms. The number of rotatable bonds is 8. The number of aromatic hydroxyl groups is 1.